The topological polar surface area (TPSA) is 123 Å². The van der Waals surface area contributed by atoms with Gasteiger partial charge in [-0.25, -0.2) is 9.97 Å². The Balaban J connectivity index is 2.04. The first-order valence-electron chi connectivity index (χ1n) is 6.95. The lowest BCUT2D eigenvalue weighted by atomic mass is 10.0. The van der Waals surface area contributed by atoms with E-state index in [1.807, 2.05) is 0 Å². The fourth-order valence-corrected chi connectivity index (χ4v) is 2.73. The highest BCUT2D eigenvalue weighted by Gasteiger charge is 2.36. The molecule has 1 aliphatic rings. The number of aromatic nitrogens is 4. The van der Waals surface area contributed by atoms with Crippen LogP contribution in [-0.2, 0) is 4.74 Å². The number of aliphatic hydroxyl groups is 3. The number of hydrogen-bond acceptors (Lipinski definition) is 8. The Hall–Kier alpha value is -1.81. The first-order chi connectivity index (χ1) is 10.7. The summed E-state index contributed by atoms with van der Waals surface area (Å²) in [6.45, 7) is -0.279. The number of nitrogens with zero attached hydrogens (tertiary/aromatic N) is 4. The Kier molecular flexibility index (Phi) is 4.21. The van der Waals surface area contributed by atoms with E-state index in [0.29, 0.717) is 17.0 Å². The van der Waals surface area contributed by atoms with Gasteiger partial charge in [0.25, 0.3) is 0 Å². The van der Waals surface area contributed by atoms with E-state index < -0.39 is 24.4 Å². The maximum absolute atomic E-state index is 10.5. The van der Waals surface area contributed by atoms with Crippen molar-refractivity contribution in [1.82, 2.24) is 19.5 Å². The largest absolute Gasteiger partial charge is 0.479 e. The molecular formula is C13H18N4O5. The molecule has 120 valence electrons. The molecule has 0 spiro atoms. The molecule has 3 N–H and O–H groups in total. The molecule has 0 saturated carbocycles. The van der Waals surface area contributed by atoms with E-state index in [0.717, 1.165) is 0 Å². The smallest absolute Gasteiger partial charge is 0.245 e. The summed E-state index contributed by atoms with van der Waals surface area (Å²) in [5, 5.41) is 29.8. The average molecular weight is 310 g/mol. The lowest BCUT2D eigenvalue weighted by molar-refractivity contribution is -0.0735. The summed E-state index contributed by atoms with van der Waals surface area (Å²) in [5.74, 6) is 0.336. The maximum atomic E-state index is 10.5. The maximum Gasteiger partial charge on any atom is 0.245 e. The molecule has 9 nitrogen and oxygen atoms in total. The highest BCUT2D eigenvalue weighted by atomic mass is 16.5. The van der Waals surface area contributed by atoms with E-state index in [1.54, 1.807) is 4.57 Å². The minimum Gasteiger partial charge on any atom is -0.479 e. The van der Waals surface area contributed by atoms with Crippen molar-refractivity contribution < 1.29 is 24.8 Å². The van der Waals surface area contributed by atoms with Crippen molar-refractivity contribution in [3.05, 3.63) is 12.7 Å². The molecule has 0 amide bonds. The normalized spacial score (nSPS) is 29.5. The van der Waals surface area contributed by atoms with Crippen molar-refractivity contribution in [1.29, 1.82) is 0 Å². The van der Waals surface area contributed by atoms with Crippen LogP contribution in [0.2, 0.25) is 0 Å². The zero-order valence-electron chi connectivity index (χ0n) is 12.0. The van der Waals surface area contributed by atoms with Gasteiger partial charge in [0.1, 0.15) is 18.5 Å². The Morgan fingerprint density at radius 2 is 2.18 bits per heavy atom. The third-order valence-corrected chi connectivity index (χ3v) is 3.85. The van der Waals surface area contributed by atoms with Crippen LogP contribution in [0.25, 0.3) is 11.2 Å². The van der Waals surface area contributed by atoms with Gasteiger partial charge in [-0.2, -0.15) is 4.98 Å². The molecule has 1 aliphatic heterocycles. The van der Waals surface area contributed by atoms with Gasteiger partial charge in [0.2, 0.25) is 5.88 Å². The van der Waals surface area contributed by atoms with Crippen molar-refractivity contribution >= 4 is 11.2 Å². The summed E-state index contributed by atoms with van der Waals surface area (Å²) in [6, 6.07) is -0.528. The number of rotatable bonds is 3. The van der Waals surface area contributed by atoms with E-state index in [-0.39, 0.29) is 19.6 Å². The van der Waals surface area contributed by atoms with Gasteiger partial charge in [-0.3, -0.25) is 0 Å². The number of methoxy groups -OCH3 is 1. The Labute approximate surface area is 126 Å². The standard InChI is InChI=1S/C13H18N4O5/c1-21-13-10-12(14-5-15-13)17(6-16-10)8-2-7(19)4-22-9(3-18)11(8)20/h5-9,11,18-20H,2-4H2,1H3/t7-,8+,9-,11-/m1/s1. The van der Waals surface area contributed by atoms with Gasteiger partial charge in [-0.1, -0.05) is 0 Å². The van der Waals surface area contributed by atoms with E-state index in [4.69, 9.17) is 9.47 Å². The summed E-state index contributed by atoms with van der Waals surface area (Å²) < 4.78 is 12.1. The second-order valence-electron chi connectivity index (χ2n) is 5.21. The average Bonchev–Trinajstić information content (AvgIpc) is 2.90. The SMILES string of the molecule is COc1ncnc2c1ncn2[C@H]1C[C@@H](O)CO[C@H](CO)[C@@H]1O. The van der Waals surface area contributed by atoms with Crippen molar-refractivity contribution in [2.24, 2.45) is 0 Å². The van der Waals surface area contributed by atoms with Gasteiger partial charge in [-0.05, 0) is 6.42 Å². The van der Waals surface area contributed by atoms with E-state index in [2.05, 4.69) is 15.0 Å². The molecule has 2 aromatic heterocycles. The number of hydrogen-bond donors (Lipinski definition) is 3. The van der Waals surface area contributed by atoms with Crippen LogP contribution in [0.3, 0.4) is 0 Å². The molecule has 0 unspecified atom stereocenters. The minimum atomic E-state index is -1.000. The fourth-order valence-electron chi connectivity index (χ4n) is 2.73. The summed E-state index contributed by atoms with van der Waals surface area (Å²) in [5.41, 5.74) is 0.957. The molecule has 1 fully saturated rings. The van der Waals surface area contributed by atoms with Crippen LogP contribution in [0.1, 0.15) is 12.5 Å². The Morgan fingerprint density at radius 3 is 2.91 bits per heavy atom. The predicted octanol–water partition coefficient (Wildman–Crippen LogP) is -1.12. The van der Waals surface area contributed by atoms with Gasteiger partial charge in [0.05, 0.1) is 38.8 Å². The monoisotopic (exact) mass is 310 g/mol. The number of ether oxygens (including phenoxy) is 2. The minimum absolute atomic E-state index is 0.0592. The fraction of sp³-hybridized carbons (Fsp3) is 0.615. The first kappa shape index (κ1) is 15.1. The van der Waals surface area contributed by atoms with Gasteiger partial charge in [0, 0.05) is 0 Å². The van der Waals surface area contributed by atoms with Crippen LogP contribution in [0.4, 0.5) is 0 Å². The molecule has 4 atom stereocenters. The molecule has 2 aromatic rings. The van der Waals surface area contributed by atoms with Crippen LogP contribution in [0, 0.1) is 0 Å². The van der Waals surface area contributed by atoms with E-state index >= 15 is 0 Å². The van der Waals surface area contributed by atoms with Crippen LogP contribution in [0.15, 0.2) is 12.7 Å². The van der Waals surface area contributed by atoms with E-state index in [9.17, 15) is 15.3 Å². The van der Waals surface area contributed by atoms with Gasteiger partial charge >= 0.3 is 0 Å². The second-order valence-corrected chi connectivity index (χ2v) is 5.21. The quantitative estimate of drug-likeness (QED) is 0.651. The number of aliphatic hydroxyl groups excluding tert-OH is 3. The second kappa shape index (κ2) is 6.13. The molecule has 22 heavy (non-hydrogen) atoms. The van der Waals surface area contributed by atoms with Crippen LogP contribution >= 0.6 is 0 Å². The Morgan fingerprint density at radius 1 is 1.36 bits per heavy atom. The van der Waals surface area contributed by atoms with Crippen LogP contribution in [-0.4, -0.2) is 73.5 Å². The summed E-state index contributed by atoms with van der Waals surface area (Å²) in [7, 11) is 1.49. The summed E-state index contributed by atoms with van der Waals surface area (Å²) >= 11 is 0. The van der Waals surface area contributed by atoms with Crippen molar-refractivity contribution in [2.45, 2.75) is 30.8 Å². The van der Waals surface area contributed by atoms with Gasteiger partial charge in [-0.15, -0.1) is 0 Å². The predicted molar refractivity (Wildman–Crippen MR) is 74.4 cm³/mol. The lowest BCUT2D eigenvalue weighted by Gasteiger charge is -2.26. The third-order valence-electron chi connectivity index (χ3n) is 3.85. The zero-order chi connectivity index (χ0) is 15.7. The highest BCUT2D eigenvalue weighted by molar-refractivity contribution is 5.76. The van der Waals surface area contributed by atoms with E-state index in [1.165, 1.54) is 19.8 Å². The number of imidazole rings is 1. The van der Waals surface area contributed by atoms with Gasteiger partial charge < -0.3 is 29.4 Å². The van der Waals surface area contributed by atoms with Crippen LogP contribution < -0.4 is 4.74 Å². The molecule has 1 saturated heterocycles. The van der Waals surface area contributed by atoms with Gasteiger partial charge in [0.15, 0.2) is 11.2 Å². The Bertz CT molecular complexity index is 648. The molecular weight excluding hydrogens is 292 g/mol. The molecule has 0 aromatic carbocycles. The highest BCUT2D eigenvalue weighted by Crippen LogP contribution is 2.30. The summed E-state index contributed by atoms with van der Waals surface area (Å²) in [4.78, 5) is 12.4. The molecule has 0 radical (unpaired) electrons. The lowest BCUT2D eigenvalue weighted by Crippen LogP contribution is -2.37. The summed E-state index contributed by atoms with van der Waals surface area (Å²) in [6.07, 6.45) is 0.595. The van der Waals surface area contributed by atoms with Crippen molar-refractivity contribution in [2.75, 3.05) is 20.3 Å². The zero-order valence-corrected chi connectivity index (χ0v) is 12.0. The van der Waals surface area contributed by atoms with Crippen molar-refractivity contribution in [3.8, 4) is 5.88 Å². The third kappa shape index (κ3) is 2.52. The molecule has 9 heteroatoms. The molecule has 0 aliphatic carbocycles. The van der Waals surface area contributed by atoms with Crippen LogP contribution in [0.5, 0.6) is 5.88 Å². The first-order valence-corrected chi connectivity index (χ1v) is 6.95. The van der Waals surface area contributed by atoms with Crippen molar-refractivity contribution in [3.63, 3.8) is 0 Å². The molecule has 3 heterocycles. The number of fused-ring (bicyclic) bond motifs is 1. The molecule has 3 rings (SSSR count). The molecule has 0 bridgehead atoms.